The molecule has 1 fully saturated rings. The maximum absolute atomic E-state index is 10.9. The zero-order chi connectivity index (χ0) is 11.7. The van der Waals surface area contributed by atoms with E-state index < -0.39 is 5.60 Å². The van der Waals surface area contributed by atoms with Gasteiger partial charge in [-0.05, 0) is 31.2 Å². The molecule has 2 nitrogen and oxygen atoms in total. The largest absolute Gasteiger partial charge is 0.469 e. The van der Waals surface area contributed by atoms with Crippen LogP contribution < -0.4 is 0 Å². The molecule has 1 unspecified atom stereocenters. The number of rotatable bonds is 2. The first-order valence-corrected chi connectivity index (χ1v) is 7.07. The molecule has 0 bridgehead atoms. The van der Waals surface area contributed by atoms with Crippen LogP contribution in [0, 0.1) is 5.92 Å². The van der Waals surface area contributed by atoms with E-state index in [2.05, 4.69) is 0 Å². The Morgan fingerprint density at radius 1 is 1.24 bits per heavy atom. The van der Waals surface area contributed by atoms with Crippen molar-refractivity contribution in [2.45, 2.75) is 63.4 Å². The lowest BCUT2D eigenvalue weighted by atomic mass is 9.74. The highest BCUT2D eigenvalue weighted by Crippen LogP contribution is 2.43. The van der Waals surface area contributed by atoms with Crippen molar-refractivity contribution in [1.29, 1.82) is 0 Å². The van der Waals surface area contributed by atoms with Gasteiger partial charge in [-0.3, -0.25) is 0 Å². The van der Waals surface area contributed by atoms with Crippen molar-refractivity contribution in [3.8, 4) is 0 Å². The Morgan fingerprint density at radius 3 is 2.88 bits per heavy atom. The van der Waals surface area contributed by atoms with E-state index in [9.17, 15) is 5.11 Å². The summed E-state index contributed by atoms with van der Waals surface area (Å²) < 4.78 is 5.48. The van der Waals surface area contributed by atoms with Gasteiger partial charge in [0.15, 0.2) is 0 Å². The van der Waals surface area contributed by atoms with E-state index in [1.165, 1.54) is 32.1 Å². The van der Waals surface area contributed by atoms with Crippen molar-refractivity contribution >= 4 is 0 Å². The van der Waals surface area contributed by atoms with Gasteiger partial charge < -0.3 is 9.52 Å². The lowest BCUT2D eigenvalue weighted by Crippen LogP contribution is -2.32. The third kappa shape index (κ3) is 2.15. The summed E-state index contributed by atoms with van der Waals surface area (Å²) in [5.74, 6) is 1.74. The van der Waals surface area contributed by atoms with Gasteiger partial charge in [0.2, 0.25) is 0 Å². The van der Waals surface area contributed by atoms with Gasteiger partial charge in [-0.2, -0.15) is 0 Å². The van der Waals surface area contributed by atoms with Gasteiger partial charge in [-0.25, -0.2) is 0 Å². The molecule has 2 heteroatoms. The highest BCUT2D eigenvalue weighted by atomic mass is 16.3. The maximum atomic E-state index is 10.9. The van der Waals surface area contributed by atoms with Gasteiger partial charge in [0.05, 0.1) is 11.9 Å². The Hall–Kier alpha value is -0.760. The van der Waals surface area contributed by atoms with Crippen molar-refractivity contribution in [1.82, 2.24) is 0 Å². The second-order valence-corrected chi connectivity index (χ2v) is 5.85. The molecule has 0 spiro atoms. The number of aliphatic hydroxyl groups is 1. The minimum absolute atomic E-state index is 0.595. The molecule has 1 heterocycles. The fraction of sp³-hybridized carbons (Fsp3) is 0.733. The van der Waals surface area contributed by atoms with Crippen LogP contribution in [0.1, 0.15) is 62.7 Å². The SMILES string of the molecule is OC1(CC2CCCCC2)CCCc2occc21. The van der Waals surface area contributed by atoms with Gasteiger partial charge >= 0.3 is 0 Å². The molecule has 1 atom stereocenters. The number of hydrogen-bond donors (Lipinski definition) is 1. The molecular weight excluding hydrogens is 212 g/mol. The lowest BCUT2D eigenvalue weighted by molar-refractivity contribution is -0.0120. The highest BCUT2D eigenvalue weighted by Gasteiger charge is 2.38. The molecule has 0 saturated heterocycles. The smallest absolute Gasteiger partial charge is 0.109 e. The summed E-state index contributed by atoms with van der Waals surface area (Å²) in [5, 5.41) is 10.9. The molecule has 1 N–H and O–H groups in total. The Balaban J connectivity index is 1.77. The van der Waals surface area contributed by atoms with Crippen molar-refractivity contribution in [3.05, 3.63) is 23.7 Å². The van der Waals surface area contributed by atoms with E-state index in [0.717, 1.165) is 42.9 Å². The Kier molecular flexibility index (Phi) is 2.99. The second-order valence-electron chi connectivity index (χ2n) is 5.85. The minimum atomic E-state index is -0.595. The summed E-state index contributed by atoms with van der Waals surface area (Å²) in [4.78, 5) is 0. The zero-order valence-corrected chi connectivity index (χ0v) is 10.5. The standard InChI is InChI=1S/C15H22O2/c16-15(11-12-5-2-1-3-6-12)9-4-7-14-13(15)8-10-17-14/h8,10,12,16H,1-7,9,11H2. The van der Waals surface area contributed by atoms with E-state index in [1.54, 1.807) is 6.26 Å². The third-order valence-corrected chi connectivity index (χ3v) is 4.59. The summed E-state index contributed by atoms with van der Waals surface area (Å²) in [7, 11) is 0. The molecule has 1 aromatic rings. The summed E-state index contributed by atoms with van der Waals surface area (Å²) in [6, 6.07) is 1.98. The van der Waals surface area contributed by atoms with E-state index in [0.29, 0.717) is 0 Å². The zero-order valence-electron chi connectivity index (χ0n) is 10.5. The number of hydrogen-bond acceptors (Lipinski definition) is 2. The van der Waals surface area contributed by atoms with E-state index in [4.69, 9.17) is 4.42 Å². The molecular formula is C15H22O2. The fourth-order valence-corrected chi connectivity index (χ4v) is 3.71. The first-order chi connectivity index (χ1) is 8.28. The average molecular weight is 234 g/mol. The highest BCUT2D eigenvalue weighted by molar-refractivity contribution is 5.27. The van der Waals surface area contributed by atoms with Crippen LogP contribution in [-0.2, 0) is 12.0 Å². The van der Waals surface area contributed by atoms with Crippen molar-refractivity contribution < 1.29 is 9.52 Å². The molecule has 0 aromatic carbocycles. The Bertz CT molecular complexity index is 376. The summed E-state index contributed by atoms with van der Waals surface area (Å²) in [6.07, 6.45) is 12.3. The number of fused-ring (bicyclic) bond motifs is 1. The van der Waals surface area contributed by atoms with Gasteiger partial charge in [0, 0.05) is 12.0 Å². The Morgan fingerprint density at radius 2 is 2.06 bits per heavy atom. The topological polar surface area (TPSA) is 33.4 Å². The van der Waals surface area contributed by atoms with E-state index >= 15 is 0 Å². The van der Waals surface area contributed by atoms with Gasteiger partial charge in [-0.1, -0.05) is 32.1 Å². The molecule has 17 heavy (non-hydrogen) atoms. The van der Waals surface area contributed by atoms with E-state index in [1.807, 2.05) is 6.07 Å². The van der Waals surface area contributed by atoms with Crippen LogP contribution in [-0.4, -0.2) is 5.11 Å². The van der Waals surface area contributed by atoms with Crippen LogP contribution in [0.5, 0.6) is 0 Å². The molecule has 94 valence electrons. The molecule has 1 aromatic heterocycles. The molecule has 2 aliphatic carbocycles. The quantitative estimate of drug-likeness (QED) is 0.845. The van der Waals surface area contributed by atoms with Gasteiger partial charge in [0.25, 0.3) is 0 Å². The van der Waals surface area contributed by atoms with Crippen LogP contribution in [0.2, 0.25) is 0 Å². The minimum Gasteiger partial charge on any atom is -0.469 e. The van der Waals surface area contributed by atoms with Crippen molar-refractivity contribution in [3.63, 3.8) is 0 Å². The third-order valence-electron chi connectivity index (χ3n) is 4.59. The average Bonchev–Trinajstić information content (AvgIpc) is 2.80. The summed E-state index contributed by atoms with van der Waals surface area (Å²) >= 11 is 0. The maximum Gasteiger partial charge on any atom is 0.109 e. The molecule has 1 saturated carbocycles. The summed E-state index contributed by atoms with van der Waals surface area (Å²) in [6.45, 7) is 0. The lowest BCUT2D eigenvalue weighted by Gasteiger charge is -2.36. The summed E-state index contributed by atoms with van der Waals surface area (Å²) in [5.41, 5.74) is 0.483. The van der Waals surface area contributed by atoms with Crippen LogP contribution in [0.4, 0.5) is 0 Å². The predicted molar refractivity (Wildman–Crippen MR) is 66.7 cm³/mol. The normalized spacial score (nSPS) is 30.2. The first-order valence-electron chi connectivity index (χ1n) is 7.07. The van der Waals surface area contributed by atoms with Crippen LogP contribution >= 0.6 is 0 Å². The van der Waals surface area contributed by atoms with Crippen LogP contribution in [0.15, 0.2) is 16.7 Å². The predicted octanol–water partition coefficient (Wildman–Crippen LogP) is 3.77. The van der Waals surface area contributed by atoms with Crippen molar-refractivity contribution in [2.24, 2.45) is 5.92 Å². The van der Waals surface area contributed by atoms with Crippen LogP contribution in [0.25, 0.3) is 0 Å². The van der Waals surface area contributed by atoms with Crippen molar-refractivity contribution in [2.75, 3.05) is 0 Å². The second kappa shape index (κ2) is 4.49. The van der Waals surface area contributed by atoms with Gasteiger partial charge in [0.1, 0.15) is 5.76 Å². The van der Waals surface area contributed by atoms with Gasteiger partial charge in [-0.15, -0.1) is 0 Å². The molecule has 0 amide bonds. The molecule has 2 aliphatic rings. The fourth-order valence-electron chi connectivity index (χ4n) is 3.71. The van der Waals surface area contributed by atoms with E-state index in [-0.39, 0.29) is 0 Å². The Labute approximate surface area is 103 Å². The molecule has 0 aliphatic heterocycles. The molecule has 0 radical (unpaired) electrons. The molecule has 3 rings (SSSR count). The number of furan rings is 1. The number of aryl methyl sites for hydroxylation is 1. The van der Waals surface area contributed by atoms with Crippen LogP contribution in [0.3, 0.4) is 0 Å². The monoisotopic (exact) mass is 234 g/mol. The first kappa shape index (κ1) is 11.3.